The van der Waals surface area contributed by atoms with Crippen molar-refractivity contribution in [1.82, 2.24) is 5.32 Å². The molecule has 1 aliphatic heterocycles. The second kappa shape index (κ2) is 5.74. The first-order valence-electron chi connectivity index (χ1n) is 5.99. The van der Waals surface area contributed by atoms with Crippen molar-refractivity contribution in [2.24, 2.45) is 0 Å². The van der Waals surface area contributed by atoms with Crippen LogP contribution in [-0.4, -0.2) is 24.8 Å². The maximum absolute atomic E-state index is 10.0. The molecule has 1 aliphatic rings. The summed E-state index contributed by atoms with van der Waals surface area (Å²) in [6.07, 6.45) is 4.55. The van der Waals surface area contributed by atoms with Crippen molar-refractivity contribution < 1.29 is 9.84 Å². The number of aromatic hydroxyl groups is 1. The van der Waals surface area contributed by atoms with Crippen LogP contribution in [-0.2, 0) is 6.42 Å². The van der Waals surface area contributed by atoms with Crippen molar-refractivity contribution in [2.75, 3.05) is 13.7 Å². The minimum atomic E-state index is 0.332. The van der Waals surface area contributed by atoms with Crippen molar-refractivity contribution in [3.8, 4) is 11.5 Å². The Labute approximate surface area is 110 Å². The lowest BCUT2D eigenvalue weighted by atomic mass is 9.97. The molecule has 0 radical (unpaired) electrons. The first-order chi connectivity index (χ1) is 8.20. The molecule has 94 valence electrons. The van der Waals surface area contributed by atoms with Crippen LogP contribution >= 0.6 is 15.9 Å². The lowest BCUT2D eigenvalue weighted by Crippen LogP contribution is -2.35. The topological polar surface area (TPSA) is 41.5 Å². The average molecular weight is 300 g/mol. The first-order valence-corrected chi connectivity index (χ1v) is 6.78. The molecular weight excluding hydrogens is 282 g/mol. The molecule has 1 saturated heterocycles. The number of benzene rings is 1. The summed E-state index contributed by atoms with van der Waals surface area (Å²) in [6, 6.07) is 4.16. The van der Waals surface area contributed by atoms with E-state index in [1.165, 1.54) is 19.3 Å². The summed E-state index contributed by atoms with van der Waals surface area (Å²) in [7, 11) is 1.64. The number of hydrogen-bond acceptors (Lipinski definition) is 3. The molecule has 0 amide bonds. The van der Waals surface area contributed by atoms with Gasteiger partial charge in [0.2, 0.25) is 0 Å². The molecule has 1 aromatic carbocycles. The van der Waals surface area contributed by atoms with Crippen molar-refractivity contribution in [2.45, 2.75) is 31.7 Å². The molecule has 0 spiro atoms. The number of phenols is 1. The van der Waals surface area contributed by atoms with E-state index in [4.69, 9.17) is 4.74 Å². The fraction of sp³-hybridized carbons (Fsp3) is 0.538. The average Bonchev–Trinajstić information content (AvgIpc) is 2.36. The molecule has 17 heavy (non-hydrogen) atoms. The van der Waals surface area contributed by atoms with Crippen LogP contribution in [0.2, 0.25) is 0 Å². The van der Waals surface area contributed by atoms with E-state index in [1.54, 1.807) is 13.2 Å². The molecule has 0 aromatic heterocycles. The highest BCUT2D eigenvalue weighted by Gasteiger charge is 2.16. The maximum Gasteiger partial charge on any atom is 0.133 e. The summed E-state index contributed by atoms with van der Waals surface area (Å²) in [5, 5.41) is 13.5. The Balaban J connectivity index is 2.15. The number of halogens is 1. The van der Waals surface area contributed by atoms with Gasteiger partial charge in [0.1, 0.15) is 11.5 Å². The van der Waals surface area contributed by atoms with Gasteiger partial charge in [0, 0.05) is 11.6 Å². The minimum absolute atomic E-state index is 0.332. The SMILES string of the molecule is COc1cc(Br)c(O)c(CC2CCCCN2)c1. The van der Waals surface area contributed by atoms with Gasteiger partial charge in [-0.25, -0.2) is 0 Å². The third-order valence-corrected chi connectivity index (χ3v) is 3.83. The molecule has 0 aliphatic carbocycles. The fourth-order valence-electron chi connectivity index (χ4n) is 2.27. The minimum Gasteiger partial charge on any atom is -0.506 e. The molecule has 4 heteroatoms. The Morgan fingerprint density at radius 3 is 2.94 bits per heavy atom. The monoisotopic (exact) mass is 299 g/mol. The number of phenolic OH excluding ortho intramolecular Hbond substituents is 1. The van der Waals surface area contributed by atoms with Gasteiger partial charge in [-0.2, -0.15) is 0 Å². The Bertz CT molecular complexity index is 389. The zero-order chi connectivity index (χ0) is 12.3. The molecule has 1 heterocycles. The van der Waals surface area contributed by atoms with Crippen LogP contribution in [0.5, 0.6) is 11.5 Å². The molecule has 1 unspecified atom stereocenters. The number of methoxy groups -OCH3 is 1. The molecule has 0 bridgehead atoms. The van der Waals surface area contributed by atoms with Crippen LogP contribution in [0, 0.1) is 0 Å². The van der Waals surface area contributed by atoms with Gasteiger partial charge in [-0.3, -0.25) is 0 Å². The van der Waals surface area contributed by atoms with Crippen LogP contribution < -0.4 is 10.1 Å². The smallest absolute Gasteiger partial charge is 0.133 e. The van der Waals surface area contributed by atoms with E-state index in [-0.39, 0.29) is 0 Å². The number of rotatable bonds is 3. The van der Waals surface area contributed by atoms with Crippen LogP contribution in [0.3, 0.4) is 0 Å². The second-order valence-corrected chi connectivity index (χ2v) is 5.32. The van der Waals surface area contributed by atoms with Crippen molar-refractivity contribution in [3.05, 3.63) is 22.2 Å². The predicted octanol–water partition coefficient (Wildman–Crippen LogP) is 2.85. The molecular formula is C13H18BrNO2. The predicted molar refractivity (Wildman–Crippen MR) is 71.7 cm³/mol. The van der Waals surface area contributed by atoms with Crippen molar-refractivity contribution in [3.63, 3.8) is 0 Å². The molecule has 1 fully saturated rings. The summed E-state index contributed by atoms with van der Waals surface area (Å²) in [5.41, 5.74) is 0.940. The summed E-state index contributed by atoms with van der Waals surface area (Å²) in [5.74, 6) is 1.11. The van der Waals surface area contributed by atoms with E-state index in [1.807, 2.05) is 6.07 Å². The van der Waals surface area contributed by atoms with E-state index in [2.05, 4.69) is 21.2 Å². The lowest BCUT2D eigenvalue weighted by Gasteiger charge is -2.24. The van der Waals surface area contributed by atoms with Gasteiger partial charge in [-0.05, 0) is 53.9 Å². The summed E-state index contributed by atoms with van der Waals surface area (Å²) in [4.78, 5) is 0. The molecule has 3 nitrogen and oxygen atoms in total. The normalized spacial score (nSPS) is 20.2. The third-order valence-electron chi connectivity index (χ3n) is 3.23. The van der Waals surface area contributed by atoms with Gasteiger partial charge in [-0.15, -0.1) is 0 Å². The van der Waals surface area contributed by atoms with Gasteiger partial charge in [0.25, 0.3) is 0 Å². The highest BCUT2D eigenvalue weighted by Crippen LogP contribution is 2.33. The highest BCUT2D eigenvalue weighted by atomic mass is 79.9. The van der Waals surface area contributed by atoms with Gasteiger partial charge in [0.15, 0.2) is 0 Å². The van der Waals surface area contributed by atoms with Crippen molar-refractivity contribution in [1.29, 1.82) is 0 Å². The van der Waals surface area contributed by atoms with Gasteiger partial charge < -0.3 is 15.2 Å². The van der Waals surface area contributed by atoms with E-state index < -0.39 is 0 Å². The molecule has 0 saturated carbocycles. The van der Waals surface area contributed by atoms with Crippen LogP contribution in [0.1, 0.15) is 24.8 Å². The Morgan fingerprint density at radius 1 is 1.47 bits per heavy atom. The Hall–Kier alpha value is -0.740. The van der Waals surface area contributed by atoms with E-state index in [0.29, 0.717) is 16.3 Å². The second-order valence-electron chi connectivity index (χ2n) is 4.47. The van der Waals surface area contributed by atoms with Crippen LogP contribution in [0.15, 0.2) is 16.6 Å². The summed E-state index contributed by atoms with van der Waals surface area (Å²) < 4.78 is 5.92. The van der Waals surface area contributed by atoms with Gasteiger partial charge in [0.05, 0.1) is 11.6 Å². The quantitative estimate of drug-likeness (QED) is 0.902. The lowest BCUT2D eigenvalue weighted by molar-refractivity contribution is 0.386. The maximum atomic E-state index is 10.0. The number of piperidine rings is 1. The van der Waals surface area contributed by atoms with Crippen LogP contribution in [0.4, 0.5) is 0 Å². The largest absolute Gasteiger partial charge is 0.506 e. The van der Waals surface area contributed by atoms with Crippen LogP contribution in [0.25, 0.3) is 0 Å². The summed E-state index contributed by atoms with van der Waals surface area (Å²) in [6.45, 7) is 1.08. The number of hydrogen-bond donors (Lipinski definition) is 2. The van der Waals surface area contributed by atoms with E-state index in [9.17, 15) is 5.11 Å². The molecule has 2 N–H and O–H groups in total. The summed E-state index contributed by atoms with van der Waals surface area (Å²) >= 11 is 3.35. The Morgan fingerprint density at radius 2 is 2.29 bits per heavy atom. The fourth-order valence-corrected chi connectivity index (χ4v) is 2.75. The first kappa shape index (κ1) is 12.7. The standard InChI is InChI=1S/C13H18BrNO2/c1-17-11-7-9(13(16)12(14)8-11)6-10-4-2-3-5-15-10/h7-8,10,15-16H,2-6H2,1H3. The highest BCUT2D eigenvalue weighted by molar-refractivity contribution is 9.10. The zero-order valence-electron chi connectivity index (χ0n) is 10.0. The third kappa shape index (κ3) is 3.13. The van der Waals surface area contributed by atoms with Gasteiger partial charge >= 0.3 is 0 Å². The molecule has 1 aromatic rings. The number of nitrogens with one attached hydrogen (secondary N) is 1. The number of ether oxygens (including phenoxy) is 1. The van der Waals surface area contributed by atoms with E-state index >= 15 is 0 Å². The zero-order valence-corrected chi connectivity index (χ0v) is 11.6. The molecule has 2 rings (SSSR count). The molecule has 1 atom stereocenters. The Kier molecular flexibility index (Phi) is 4.29. The van der Waals surface area contributed by atoms with Crippen molar-refractivity contribution >= 4 is 15.9 Å². The van der Waals surface area contributed by atoms with Gasteiger partial charge in [-0.1, -0.05) is 6.42 Å². The van der Waals surface area contributed by atoms with E-state index in [0.717, 1.165) is 24.3 Å².